The Balaban J connectivity index is 1.38. The molecule has 7 heteroatoms. The Hall–Kier alpha value is -2.54. The van der Waals surface area contributed by atoms with Crippen molar-refractivity contribution in [2.75, 3.05) is 18.0 Å². The van der Waals surface area contributed by atoms with Crippen molar-refractivity contribution in [2.45, 2.75) is 56.7 Å². The van der Waals surface area contributed by atoms with E-state index >= 15 is 0 Å². The number of benzene rings is 1. The van der Waals surface area contributed by atoms with Crippen molar-refractivity contribution >= 4 is 11.8 Å². The van der Waals surface area contributed by atoms with Gasteiger partial charge in [-0.1, -0.05) is 12.8 Å². The van der Waals surface area contributed by atoms with Crippen LogP contribution in [0.25, 0.3) is 11.5 Å². The van der Waals surface area contributed by atoms with Crippen LogP contribution in [-0.2, 0) is 0 Å². The molecule has 28 heavy (non-hydrogen) atoms. The predicted octanol–water partition coefficient (Wildman–Crippen LogP) is 3.48. The van der Waals surface area contributed by atoms with Gasteiger partial charge in [-0.05, 0) is 49.9 Å². The minimum Gasteiger partial charge on any atom is -0.465 e. The molecule has 3 N–H and O–H groups in total. The SMILES string of the molecule is O=C(O)NC1CCCCC1NC1CCCN(c2ccc(-c3ncco3)cc2)C1. The largest absolute Gasteiger partial charge is 0.465 e. The van der Waals surface area contributed by atoms with Crippen LogP contribution in [0.1, 0.15) is 38.5 Å². The molecule has 2 fully saturated rings. The summed E-state index contributed by atoms with van der Waals surface area (Å²) in [6.45, 7) is 1.98. The zero-order valence-electron chi connectivity index (χ0n) is 16.0. The molecular weight excluding hydrogens is 356 g/mol. The van der Waals surface area contributed by atoms with Gasteiger partial charge in [0.05, 0.1) is 6.20 Å². The number of piperidine rings is 1. The van der Waals surface area contributed by atoms with E-state index in [2.05, 4.69) is 32.7 Å². The number of nitrogens with one attached hydrogen (secondary N) is 2. The van der Waals surface area contributed by atoms with Crippen LogP contribution in [0.4, 0.5) is 10.5 Å². The van der Waals surface area contributed by atoms with Crippen molar-refractivity contribution in [3.8, 4) is 11.5 Å². The first-order chi connectivity index (χ1) is 13.7. The maximum Gasteiger partial charge on any atom is 0.404 e. The van der Waals surface area contributed by atoms with Gasteiger partial charge in [0.25, 0.3) is 0 Å². The molecule has 1 amide bonds. The molecular formula is C21H28N4O3. The molecule has 0 radical (unpaired) electrons. The van der Waals surface area contributed by atoms with Crippen molar-refractivity contribution in [1.82, 2.24) is 15.6 Å². The molecule has 2 aromatic rings. The third-order valence-corrected chi connectivity index (χ3v) is 5.86. The quantitative estimate of drug-likeness (QED) is 0.731. The Morgan fingerprint density at radius 3 is 2.61 bits per heavy atom. The third kappa shape index (κ3) is 4.47. The number of oxazole rings is 1. The number of carboxylic acid groups (broad SMARTS) is 1. The van der Waals surface area contributed by atoms with Gasteiger partial charge in [-0.3, -0.25) is 0 Å². The number of rotatable bonds is 5. The minimum atomic E-state index is -0.921. The molecule has 3 atom stereocenters. The number of amides is 1. The average Bonchev–Trinajstić information content (AvgIpc) is 3.24. The summed E-state index contributed by atoms with van der Waals surface area (Å²) in [5, 5.41) is 15.6. The summed E-state index contributed by atoms with van der Waals surface area (Å²) in [6.07, 6.45) is 8.78. The Kier molecular flexibility index (Phi) is 5.81. The van der Waals surface area contributed by atoms with Gasteiger partial charge in [0.1, 0.15) is 6.26 Å². The van der Waals surface area contributed by atoms with Gasteiger partial charge in [0, 0.05) is 42.5 Å². The first-order valence-corrected chi connectivity index (χ1v) is 10.2. The van der Waals surface area contributed by atoms with E-state index < -0.39 is 6.09 Å². The first-order valence-electron chi connectivity index (χ1n) is 10.2. The highest BCUT2D eigenvalue weighted by atomic mass is 16.4. The van der Waals surface area contributed by atoms with Crippen molar-refractivity contribution in [3.05, 3.63) is 36.7 Å². The van der Waals surface area contributed by atoms with Crippen LogP contribution < -0.4 is 15.5 Å². The van der Waals surface area contributed by atoms with E-state index in [1.54, 1.807) is 12.5 Å². The van der Waals surface area contributed by atoms with Crippen LogP contribution >= 0.6 is 0 Å². The molecule has 0 spiro atoms. The van der Waals surface area contributed by atoms with E-state index in [0.717, 1.165) is 57.2 Å². The summed E-state index contributed by atoms with van der Waals surface area (Å²) < 4.78 is 5.36. The van der Waals surface area contributed by atoms with E-state index in [4.69, 9.17) is 9.52 Å². The van der Waals surface area contributed by atoms with Gasteiger partial charge >= 0.3 is 6.09 Å². The molecule has 150 valence electrons. The molecule has 1 aromatic heterocycles. The number of anilines is 1. The summed E-state index contributed by atoms with van der Waals surface area (Å²) in [5.74, 6) is 0.638. The van der Waals surface area contributed by atoms with E-state index in [-0.39, 0.29) is 12.1 Å². The van der Waals surface area contributed by atoms with Crippen LogP contribution in [0.2, 0.25) is 0 Å². The number of hydrogen-bond acceptors (Lipinski definition) is 5. The number of nitrogens with zero attached hydrogens (tertiary/aromatic N) is 2. The third-order valence-electron chi connectivity index (χ3n) is 5.86. The maximum atomic E-state index is 11.1. The standard InChI is InChI=1S/C21H28N4O3/c26-21(27)24-19-6-2-1-5-18(19)23-16-4-3-12-25(14-16)17-9-7-15(8-10-17)20-22-11-13-28-20/h7-11,13,16,18-19,23-24H,1-6,12,14H2,(H,26,27). The van der Waals surface area contributed by atoms with Crippen LogP contribution in [-0.4, -0.2) is 47.4 Å². The normalized spacial score (nSPS) is 25.4. The van der Waals surface area contributed by atoms with Gasteiger partial charge in [-0.15, -0.1) is 0 Å². The highest BCUT2D eigenvalue weighted by molar-refractivity contribution is 5.65. The molecule has 4 rings (SSSR count). The number of hydrogen-bond donors (Lipinski definition) is 3. The molecule has 2 heterocycles. The maximum absolute atomic E-state index is 11.1. The monoisotopic (exact) mass is 384 g/mol. The highest BCUT2D eigenvalue weighted by Crippen LogP contribution is 2.26. The molecule has 1 aliphatic heterocycles. The van der Waals surface area contributed by atoms with E-state index in [9.17, 15) is 4.79 Å². The van der Waals surface area contributed by atoms with E-state index in [1.165, 1.54) is 5.69 Å². The van der Waals surface area contributed by atoms with Gasteiger partial charge in [-0.2, -0.15) is 0 Å². The second kappa shape index (κ2) is 8.65. The number of aromatic nitrogens is 1. The molecule has 1 aromatic carbocycles. The average molecular weight is 384 g/mol. The van der Waals surface area contributed by atoms with Gasteiger partial charge in [0.2, 0.25) is 5.89 Å². The molecule has 2 aliphatic rings. The van der Waals surface area contributed by atoms with Crippen LogP contribution in [0.15, 0.2) is 41.1 Å². The summed E-state index contributed by atoms with van der Waals surface area (Å²) >= 11 is 0. The Morgan fingerprint density at radius 1 is 1.11 bits per heavy atom. The van der Waals surface area contributed by atoms with Gasteiger partial charge in [0.15, 0.2) is 0 Å². The molecule has 1 saturated carbocycles. The molecule has 0 bridgehead atoms. The van der Waals surface area contributed by atoms with E-state index in [0.29, 0.717) is 11.9 Å². The fourth-order valence-electron chi connectivity index (χ4n) is 4.49. The Morgan fingerprint density at radius 2 is 1.89 bits per heavy atom. The number of carbonyl (C=O) groups is 1. The Bertz CT molecular complexity index is 762. The smallest absolute Gasteiger partial charge is 0.404 e. The predicted molar refractivity (Wildman–Crippen MR) is 108 cm³/mol. The fraction of sp³-hybridized carbons (Fsp3) is 0.524. The second-order valence-corrected chi connectivity index (χ2v) is 7.78. The summed E-state index contributed by atoms with van der Waals surface area (Å²) in [6, 6.07) is 8.96. The second-order valence-electron chi connectivity index (χ2n) is 7.78. The van der Waals surface area contributed by atoms with Crippen LogP contribution in [0.3, 0.4) is 0 Å². The molecule has 1 saturated heterocycles. The first kappa shape index (κ1) is 18.8. The lowest BCUT2D eigenvalue weighted by Crippen LogP contribution is -2.57. The van der Waals surface area contributed by atoms with Crippen LogP contribution in [0, 0.1) is 0 Å². The lowest BCUT2D eigenvalue weighted by molar-refractivity contribution is 0.176. The molecule has 7 nitrogen and oxygen atoms in total. The molecule has 1 aliphatic carbocycles. The van der Waals surface area contributed by atoms with Crippen molar-refractivity contribution in [1.29, 1.82) is 0 Å². The van der Waals surface area contributed by atoms with Crippen LogP contribution in [0.5, 0.6) is 0 Å². The lowest BCUT2D eigenvalue weighted by atomic mass is 9.89. The Labute approximate surface area is 165 Å². The van der Waals surface area contributed by atoms with Crippen molar-refractivity contribution in [2.24, 2.45) is 0 Å². The summed E-state index contributed by atoms with van der Waals surface area (Å²) in [5.41, 5.74) is 2.18. The highest BCUT2D eigenvalue weighted by Gasteiger charge is 2.30. The van der Waals surface area contributed by atoms with E-state index in [1.807, 2.05) is 12.1 Å². The molecule has 3 unspecified atom stereocenters. The zero-order chi connectivity index (χ0) is 19.3. The van der Waals surface area contributed by atoms with Crippen molar-refractivity contribution < 1.29 is 14.3 Å². The van der Waals surface area contributed by atoms with Gasteiger partial charge in [-0.25, -0.2) is 9.78 Å². The zero-order valence-corrected chi connectivity index (χ0v) is 16.0. The minimum absolute atomic E-state index is 0.0155. The van der Waals surface area contributed by atoms with Crippen molar-refractivity contribution in [3.63, 3.8) is 0 Å². The lowest BCUT2D eigenvalue weighted by Gasteiger charge is -2.40. The topological polar surface area (TPSA) is 90.6 Å². The summed E-state index contributed by atoms with van der Waals surface area (Å²) in [4.78, 5) is 17.7. The van der Waals surface area contributed by atoms with Gasteiger partial charge < -0.3 is 25.1 Å². The fourth-order valence-corrected chi connectivity index (χ4v) is 4.49. The summed E-state index contributed by atoms with van der Waals surface area (Å²) in [7, 11) is 0.